The molecule has 2 aromatic carbocycles. The predicted octanol–water partition coefficient (Wildman–Crippen LogP) is 3.08. The maximum absolute atomic E-state index is 12.4. The number of carbonyl (C=O) groups excluding carboxylic acids is 2. The normalized spacial score (nSPS) is 16.3. The van der Waals surface area contributed by atoms with Crippen LogP contribution < -0.4 is 11.1 Å². The van der Waals surface area contributed by atoms with Gasteiger partial charge in [-0.05, 0) is 35.7 Å². The number of carbonyl (C=O) groups is 2. The van der Waals surface area contributed by atoms with Crippen LogP contribution >= 0.6 is 11.6 Å². The Morgan fingerprint density at radius 3 is 2.83 bits per heavy atom. The van der Waals surface area contributed by atoms with Crippen LogP contribution in [0.25, 0.3) is 0 Å². The second kappa shape index (κ2) is 7.03. The SMILES string of the molecule is NC(=O)c1ccc(Cl)c(NC(=O)CC2OCCc3ccccc32)c1. The van der Waals surface area contributed by atoms with Gasteiger partial charge in [-0.1, -0.05) is 35.9 Å². The molecule has 0 radical (unpaired) electrons. The van der Waals surface area contributed by atoms with Crippen molar-refractivity contribution in [2.75, 3.05) is 11.9 Å². The van der Waals surface area contributed by atoms with Crippen molar-refractivity contribution in [2.45, 2.75) is 18.9 Å². The minimum absolute atomic E-state index is 0.175. The van der Waals surface area contributed by atoms with Crippen LogP contribution in [0.4, 0.5) is 5.69 Å². The summed E-state index contributed by atoms with van der Waals surface area (Å²) in [6.45, 7) is 0.590. The lowest BCUT2D eigenvalue weighted by Crippen LogP contribution is -2.22. The van der Waals surface area contributed by atoms with E-state index in [-0.39, 0.29) is 24.0 Å². The van der Waals surface area contributed by atoms with Crippen molar-refractivity contribution >= 4 is 29.1 Å². The molecule has 3 rings (SSSR count). The number of rotatable bonds is 4. The van der Waals surface area contributed by atoms with Crippen molar-refractivity contribution in [1.82, 2.24) is 0 Å². The molecule has 2 amide bonds. The fourth-order valence-electron chi connectivity index (χ4n) is 2.79. The van der Waals surface area contributed by atoms with Gasteiger partial charge >= 0.3 is 0 Å². The van der Waals surface area contributed by atoms with E-state index in [0.717, 1.165) is 12.0 Å². The highest BCUT2D eigenvalue weighted by Crippen LogP contribution is 2.30. The molecule has 24 heavy (non-hydrogen) atoms. The van der Waals surface area contributed by atoms with E-state index in [4.69, 9.17) is 22.1 Å². The highest BCUT2D eigenvalue weighted by molar-refractivity contribution is 6.33. The number of hydrogen-bond donors (Lipinski definition) is 2. The van der Waals surface area contributed by atoms with E-state index in [1.54, 1.807) is 0 Å². The monoisotopic (exact) mass is 344 g/mol. The molecule has 1 heterocycles. The molecule has 1 aliphatic heterocycles. The van der Waals surface area contributed by atoms with Crippen molar-refractivity contribution in [3.8, 4) is 0 Å². The molecular weight excluding hydrogens is 328 g/mol. The van der Waals surface area contributed by atoms with Crippen LogP contribution in [0, 0.1) is 0 Å². The van der Waals surface area contributed by atoms with E-state index < -0.39 is 5.91 Å². The lowest BCUT2D eigenvalue weighted by atomic mass is 9.95. The Morgan fingerprint density at radius 1 is 1.25 bits per heavy atom. The van der Waals surface area contributed by atoms with Gasteiger partial charge < -0.3 is 15.8 Å². The van der Waals surface area contributed by atoms with Gasteiger partial charge in [-0.15, -0.1) is 0 Å². The van der Waals surface area contributed by atoms with Gasteiger partial charge in [0.05, 0.1) is 29.8 Å². The lowest BCUT2D eigenvalue weighted by molar-refractivity contribution is -0.119. The third-order valence-electron chi connectivity index (χ3n) is 3.99. The molecule has 2 aromatic rings. The van der Waals surface area contributed by atoms with Gasteiger partial charge in [0.15, 0.2) is 0 Å². The molecule has 0 saturated heterocycles. The first-order chi connectivity index (χ1) is 11.5. The van der Waals surface area contributed by atoms with E-state index >= 15 is 0 Å². The Kier molecular flexibility index (Phi) is 4.83. The predicted molar refractivity (Wildman–Crippen MR) is 92.1 cm³/mol. The molecule has 0 aliphatic carbocycles. The average Bonchev–Trinajstić information content (AvgIpc) is 2.57. The van der Waals surface area contributed by atoms with Crippen LogP contribution in [0.5, 0.6) is 0 Å². The average molecular weight is 345 g/mol. The Morgan fingerprint density at radius 2 is 2.04 bits per heavy atom. The van der Waals surface area contributed by atoms with Gasteiger partial charge in [0.1, 0.15) is 0 Å². The van der Waals surface area contributed by atoms with Crippen LogP contribution in [0.3, 0.4) is 0 Å². The molecule has 0 saturated carbocycles. The Bertz CT molecular complexity index is 792. The third-order valence-corrected chi connectivity index (χ3v) is 4.32. The lowest BCUT2D eigenvalue weighted by Gasteiger charge is -2.25. The van der Waals surface area contributed by atoms with Crippen LogP contribution in [-0.2, 0) is 16.0 Å². The largest absolute Gasteiger partial charge is 0.373 e. The zero-order chi connectivity index (χ0) is 17.1. The van der Waals surface area contributed by atoms with E-state index in [1.807, 2.05) is 18.2 Å². The Balaban J connectivity index is 1.73. The molecule has 6 heteroatoms. The smallest absolute Gasteiger partial charge is 0.248 e. The molecule has 5 nitrogen and oxygen atoms in total. The number of fused-ring (bicyclic) bond motifs is 1. The summed E-state index contributed by atoms with van der Waals surface area (Å²) in [5.74, 6) is -0.813. The molecular formula is C18H17ClN2O3. The maximum atomic E-state index is 12.4. The summed E-state index contributed by atoms with van der Waals surface area (Å²) in [5, 5.41) is 3.07. The molecule has 1 unspecified atom stereocenters. The number of anilines is 1. The van der Waals surface area contributed by atoms with E-state index in [1.165, 1.54) is 23.8 Å². The number of primary amides is 1. The molecule has 124 valence electrons. The van der Waals surface area contributed by atoms with Gasteiger partial charge in [0.25, 0.3) is 0 Å². The first-order valence-electron chi connectivity index (χ1n) is 7.63. The molecule has 1 aliphatic rings. The van der Waals surface area contributed by atoms with Crippen molar-refractivity contribution < 1.29 is 14.3 Å². The molecule has 0 fully saturated rings. The number of nitrogens with two attached hydrogens (primary N) is 1. The quantitative estimate of drug-likeness (QED) is 0.894. The summed E-state index contributed by atoms with van der Waals surface area (Å²) < 4.78 is 5.74. The number of hydrogen-bond acceptors (Lipinski definition) is 3. The second-order valence-electron chi connectivity index (χ2n) is 5.62. The fourth-order valence-corrected chi connectivity index (χ4v) is 2.95. The zero-order valence-electron chi connectivity index (χ0n) is 12.9. The topological polar surface area (TPSA) is 81.4 Å². The summed E-state index contributed by atoms with van der Waals surface area (Å²) in [7, 11) is 0. The van der Waals surface area contributed by atoms with Crippen molar-refractivity contribution in [3.63, 3.8) is 0 Å². The number of ether oxygens (including phenoxy) is 1. The molecule has 1 atom stereocenters. The summed E-state index contributed by atoms with van der Waals surface area (Å²) in [6, 6.07) is 12.5. The van der Waals surface area contributed by atoms with Crippen LogP contribution in [0.1, 0.15) is 34.0 Å². The first kappa shape index (κ1) is 16.5. The molecule has 3 N–H and O–H groups in total. The third kappa shape index (κ3) is 3.58. The van der Waals surface area contributed by atoms with Crippen molar-refractivity contribution in [1.29, 1.82) is 0 Å². The number of amides is 2. The van der Waals surface area contributed by atoms with Gasteiger partial charge in [-0.3, -0.25) is 9.59 Å². The number of nitrogens with one attached hydrogen (secondary N) is 1. The van der Waals surface area contributed by atoms with Gasteiger partial charge in [-0.25, -0.2) is 0 Å². The van der Waals surface area contributed by atoms with Gasteiger partial charge in [-0.2, -0.15) is 0 Å². The van der Waals surface area contributed by atoms with Crippen molar-refractivity contribution in [2.24, 2.45) is 5.73 Å². The minimum Gasteiger partial charge on any atom is -0.373 e. The van der Waals surface area contributed by atoms with Crippen LogP contribution in [-0.4, -0.2) is 18.4 Å². The number of benzene rings is 2. The number of halogens is 1. The van der Waals surface area contributed by atoms with E-state index in [2.05, 4.69) is 11.4 Å². The van der Waals surface area contributed by atoms with Crippen LogP contribution in [0.15, 0.2) is 42.5 Å². The highest BCUT2D eigenvalue weighted by atomic mass is 35.5. The zero-order valence-corrected chi connectivity index (χ0v) is 13.7. The summed E-state index contributed by atoms with van der Waals surface area (Å²) >= 11 is 6.07. The van der Waals surface area contributed by atoms with Gasteiger partial charge in [0, 0.05) is 5.56 Å². The minimum atomic E-state index is -0.577. The van der Waals surface area contributed by atoms with Crippen LogP contribution in [0.2, 0.25) is 5.02 Å². The maximum Gasteiger partial charge on any atom is 0.248 e. The first-order valence-corrected chi connectivity index (χ1v) is 8.01. The summed E-state index contributed by atoms with van der Waals surface area (Å²) in [5.41, 5.74) is 8.14. The Labute approximate surface area is 144 Å². The highest BCUT2D eigenvalue weighted by Gasteiger charge is 2.23. The Hall–Kier alpha value is -2.37. The molecule has 0 spiro atoms. The van der Waals surface area contributed by atoms with Gasteiger partial charge in [0.2, 0.25) is 11.8 Å². The fraction of sp³-hybridized carbons (Fsp3) is 0.222. The molecule has 0 aromatic heterocycles. The van der Waals surface area contributed by atoms with E-state index in [9.17, 15) is 9.59 Å². The van der Waals surface area contributed by atoms with Crippen molar-refractivity contribution in [3.05, 3.63) is 64.2 Å². The summed E-state index contributed by atoms with van der Waals surface area (Å²) in [4.78, 5) is 23.6. The second-order valence-corrected chi connectivity index (χ2v) is 6.03. The van der Waals surface area contributed by atoms with E-state index in [0.29, 0.717) is 17.3 Å². The standard InChI is InChI=1S/C18H17ClN2O3/c19-14-6-5-12(18(20)23)9-15(14)21-17(22)10-16-13-4-2-1-3-11(13)7-8-24-16/h1-6,9,16H,7-8,10H2,(H2,20,23)(H,21,22). The summed E-state index contributed by atoms with van der Waals surface area (Å²) in [6.07, 6.45) is 0.739. The molecule has 0 bridgehead atoms.